The monoisotopic (exact) mass is 135 g/mol. The van der Waals surface area contributed by atoms with E-state index in [1.54, 1.807) is 12.3 Å². The summed E-state index contributed by atoms with van der Waals surface area (Å²) in [6.07, 6.45) is 5.40. The van der Waals surface area contributed by atoms with E-state index in [9.17, 15) is 0 Å². The third-order valence-corrected chi connectivity index (χ3v) is 0.869. The highest BCUT2D eigenvalue weighted by molar-refractivity contribution is 5.78. The Labute approximate surface area is 62.5 Å². The lowest BCUT2D eigenvalue weighted by atomic mass is 10.3. The molecular weight excluding hydrogens is 122 g/mol. The van der Waals surface area contributed by atoms with Crippen molar-refractivity contribution in [3.63, 3.8) is 0 Å². The Morgan fingerprint density at radius 1 is 1.40 bits per heavy atom. The van der Waals surface area contributed by atoms with Gasteiger partial charge in [-0.25, -0.2) is 0 Å². The second-order valence-corrected chi connectivity index (χ2v) is 2.14. The lowest BCUT2D eigenvalue weighted by molar-refractivity contribution is 1.33. The van der Waals surface area contributed by atoms with Crippen molar-refractivity contribution in [1.29, 1.82) is 0 Å². The topological polar surface area (TPSA) is 12.4 Å². The molecule has 0 bridgehead atoms. The van der Waals surface area contributed by atoms with E-state index in [4.69, 9.17) is 0 Å². The first-order valence-corrected chi connectivity index (χ1v) is 3.15. The molecule has 0 aromatic rings. The summed E-state index contributed by atoms with van der Waals surface area (Å²) in [5.41, 5.74) is 1.90. The predicted molar refractivity (Wildman–Crippen MR) is 47.3 cm³/mol. The lowest BCUT2D eigenvalue weighted by Crippen LogP contribution is -1.75. The van der Waals surface area contributed by atoms with Crippen molar-refractivity contribution >= 4 is 6.21 Å². The standard InChI is InChI=1S/C9H13N/c1-5-6-9(4)7-10-8(2)3/h5-7H,1-2H2,3-4H3/b9-6-,10-7?. The van der Waals surface area contributed by atoms with Gasteiger partial charge in [0.2, 0.25) is 0 Å². The van der Waals surface area contributed by atoms with Crippen LogP contribution >= 0.6 is 0 Å². The van der Waals surface area contributed by atoms with E-state index in [0.717, 1.165) is 11.3 Å². The molecule has 0 unspecified atom stereocenters. The van der Waals surface area contributed by atoms with Crippen LogP contribution < -0.4 is 0 Å². The van der Waals surface area contributed by atoms with E-state index in [2.05, 4.69) is 18.2 Å². The minimum Gasteiger partial charge on any atom is -0.262 e. The van der Waals surface area contributed by atoms with Crippen molar-refractivity contribution < 1.29 is 0 Å². The van der Waals surface area contributed by atoms with Gasteiger partial charge in [-0.1, -0.05) is 25.3 Å². The zero-order valence-electron chi connectivity index (χ0n) is 6.59. The molecule has 0 spiro atoms. The highest BCUT2D eigenvalue weighted by atomic mass is 14.7. The number of hydrogen-bond acceptors (Lipinski definition) is 1. The molecule has 0 radical (unpaired) electrons. The van der Waals surface area contributed by atoms with E-state index in [1.165, 1.54) is 0 Å². The fourth-order valence-corrected chi connectivity index (χ4v) is 0.441. The number of rotatable bonds is 3. The van der Waals surface area contributed by atoms with E-state index in [0.29, 0.717) is 0 Å². The summed E-state index contributed by atoms with van der Waals surface area (Å²) >= 11 is 0. The van der Waals surface area contributed by atoms with Crippen molar-refractivity contribution in [1.82, 2.24) is 0 Å². The second kappa shape index (κ2) is 4.74. The quantitative estimate of drug-likeness (QED) is 0.417. The molecule has 0 rings (SSSR count). The first-order chi connectivity index (χ1) is 4.66. The largest absolute Gasteiger partial charge is 0.262 e. The molecule has 0 saturated carbocycles. The van der Waals surface area contributed by atoms with Gasteiger partial charge < -0.3 is 0 Å². The molecule has 0 aliphatic carbocycles. The predicted octanol–water partition coefficient (Wildman–Crippen LogP) is 2.72. The molecule has 0 amide bonds. The molecular formula is C9H13N. The molecule has 0 saturated heterocycles. The van der Waals surface area contributed by atoms with E-state index >= 15 is 0 Å². The van der Waals surface area contributed by atoms with Crippen LogP contribution in [0.1, 0.15) is 13.8 Å². The van der Waals surface area contributed by atoms with Crippen LogP contribution in [-0.4, -0.2) is 6.21 Å². The van der Waals surface area contributed by atoms with Crippen molar-refractivity contribution in [2.45, 2.75) is 13.8 Å². The molecule has 1 heteroatoms. The molecule has 0 aliphatic heterocycles. The molecule has 0 N–H and O–H groups in total. The Morgan fingerprint density at radius 3 is 2.40 bits per heavy atom. The van der Waals surface area contributed by atoms with Gasteiger partial charge in [0.05, 0.1) is 0 Å². The van der Waals surface area contributed by atoms with Crippen LogP contribution in [0.3, 0.4) is 0 Å². The zero-order valence-corrected chi connectivity index (χ0v) is 6.59. The van der Waals surface area contributed by atoms with Gasteiger partial charge >= 0.3 is 0 Å². The third-order valence-electron chi connectivity index (χ3n) is 0.869. The number of nitrogens with zero attached hydrogens (tertiary/aromatic N) is 1. The van der Waals surface area contributed by atoms with Crippen molar-refractivity contribution in [2.24, 2.45) is 4.99 Å². The second-order valence-electron chi connectivity index (χ2n) is 2.14. The maximum absolute atomic E-state index is 4.01. The summed E-state index contributed by atoms with van der Waals surface area (Å²) in [6.45, 7) is 11.0. The molecule has 54 valence electrons. The number of hydrogen-bond donors (Lipinski definition) is 0. The van der Waals surface area contributed by atoms with Crippen molar-refractivity contribution in [3.05, 3.63) is 36.6 Å². The van der Waals surface area contributed by atoms with Gasteiger partial charge in [-0.15, -0.1) is 0 Å². The summed E-state index contributed by atoms with van der Waals surface area (Å²) in [4.78, 5) is 4.01. The molecule has 0 aromatic carbocycles. The Kier molecular flexibility index (Phi) is 4.21. The Balaban J connectivity index is 4.01. The van der Waals surface area contributed by atoms with Crippen LogP contribution in [0.5, 0.6) is 0 Å². The molecule has 0 fully saturated rings. The summed E-state index contributed by atoms with van der Waals surface area (Å²) < 4.78 is 0. The smallest absolute Gasteiger partial charge is 0.0301 e. The van der Waals surface area contributed by atoms with Crippen LogP contribution in [0.2, 0.25) is 0 Å². The molecule has 10 heavy (non-hydrogen) atoms. The van der Waals surface area contributed by atoms with Crippen LogP contribution in [-0.2, 0) is 0 Å². The van der Waals surface area contributed by atoms with Gasteiger partial charge in [0.1, 0.15) is 0 Å². The third kappa shape index (κ3) is 5.04. The minimum atomic E-state index is 0.816. The molecule has 0 heterocycles. The summed E-state index contributed by atoms with van der Waals surface area (Å²) in [5, 5.41) is 0. The van der Waals surface area contributed by atoms with Gasteiger partial charge in [-0.2, -0.15) is 0 Å². The highest BCUT2D eigenvalue weighted by Crippen LogP contribution is 1.92. The lowest BCUT2D eigenvalue weighted by Gasteiger charge is -1.87. The maximum Gasteiger partial charge on any atom is 0.0301 e. The highest BCUT2D eigenvalue weighted by Gasteiger charge is 1.78. The normalized spacial score (nSPS) is 12.0. The van der Waals surface area contributed by atoms with E-state index in [1.807, 2.05) is 19.9 Å². The fraction of sp³-hybridized carbons (Fsp3) is 0.222. The van der Waals surface area contributed by atoms with Crippen molar-refractivity contribution in [2.75, 3.05) is 0 Å². The van der Waals surface area contributed by atoms with Gasteiger partial charge in [0.15, 0.2) is 0 Å². The molecule has 0 aromatic heterocycles. The van der Waals surface area contributed by atoms with Crippen molar-refractivity contribution in [3.8, 4) is 0 Å². The number of aliphatic imine (C=N–C) groups is 1. The first kappa shape index (κ1) is 8.89. The maximum atomic E-state index is 4.01. The van der Waals surface area contributed by atoms with Gasteiger partial charge in [-0.3, -0.25) is 4.99 Å². The summed E-state index contributed by atoms with van der Waals surface area (Å²) in [6, 6.07) is 0. The Morgan fingerprint density at radius 2 is 2.00 bits per heavy atom. The van der Waals surface area contributed by atoms with Gasteiger partial charge in [-0.05, 0) is 19.4 Å². The van der Waals surface area contributed by atoms with Gasteiger partial charge in [0, 0.05) is 11.9 Å². The van der Waals surface area contributed by atoms with E-state index in [-0.39, 0.29) is 0 Å². The molecule has 0 aliphatic rings. The van der Waals surface area contributed by atoms with E-state index < -0.39 is 0 Å². The molecule has 1 nitrogen and oxygen atoms in total. The van der Waals surface area contributed by atoms with Crippen LogP contribution in [0.4, 0.5) is 0 Å². The number of allylic oxidation sites excluding steroid dienone is 4. The summed E-state index contributed by atoms with van der Waals surface area (Å²) in [7, 11) is 0. The average molecular weight is 135 g/mol. The summed E-state index contributed by atoms with van der Waals surface area (Å²) in [5.74, 6) is 0. The average Bonchev–Trinajstić information content (AvgIpc) is 1.85. The van der Waals surface area contributed by atoms with Crippen LogP contribution in [0.25, 0.3) is 0 Å². The Hall–Kier alpha value is -1.11. The SMILES string of the molecule is C=C/C=C(/C)C=NC(=C)C. The molecule has 0 atom stereocenters. The Bertz CT molecular complexity index is 185. The first-order valence-electron chi connectivity index (χ1n) is 3.15. The zero-order chi connectivity index (χ0) is 7.98. The van der Waals surface area contributed by atoms with Gasteiger partial charge in [0.25, 0.3) is 0 Å². The van der Waals surface area contributed by atoms with Crippen LogP contribution in [0, 0.1) is 0 Å². The van der Waals surface area contributed by atoms with Crippen LogP contribution in [0.15, 0.2) is 41.6 Å². The minimum absolute atomic E-state index is 0.816. The fourth-order valence-electron chi connectivity index (χ4n) is 0.441.